The minimum atomic E-state index is -0.983. The van der Waals surface area contributed by atoms with Crippen molar-refractivity contribution in [2.24, 2.45) is 0 Å². The van der Waals surface area contributed by atoms with Crippen molar-refractivity contribution in [1.82, 2.24) is 5.32 Å². The molecular weight excluding hydrogens is 250 g/mol. The lowest BCUT2D eigenvalue weighted by Gasteiger charge is -2.01. The summed E-state index contributed by atoms with van der Waals surface area (Å²) in [6.07, 6.45) is 0.155. The average molecular weight is 257 g/mol. The van der Waals surface area contributed by atoms with Crippen molar-refractivity contribution < 1.29 is 19.5 Å². The Balaban J connectivity index is 2.06. The molecule has 1 atom stereocenters. The zero-order valence-corrected chi connectivity index (χ0v) is 9.56. The fourth-order valence-corrected chi connectivity index (χ4v) is 3.25. The second-order valence-corrected chi connectivity index (χ2v) is 5.36. The van der Waals surface area contributed by atoms with Crippen molar-refractivity contribution in [3.05, 3.63) is 16.3 Å². The first-order valence-electron chi connectivity index (χ1n) is 4.38. The SMILES string of the molecule is O=C1CC(Sc2csc(C(=O)O)c2)C(=O)N1. The molecule has 2 rings (SSSR count). The number of hydrogen-bond acceptors (Lipinski definition) is 5. The van der Waals surface area contributed by atoms with Gasteiger partial charge in [0.1, 0.15) is 4.88 Å². The Labute approximate surface area is 98.8 Å². The van der Waals surface area contributed by atoms with Gasteiger partial charge in [-0.1, -0.05) is 0 Å². The monoisotopic (exact) mass is 257 g/mol. The molecule has 1 fully saturated rings. The van der Waals surface area contributed by atoms with E-state index < -0.39 is 11.2 Å². The van der Waals surface area contributed by atoms with E-state index in [4.69, 9.17) is 5.11 Å². The van der Waals surface area contributed by atoms with Gasteiger partial charge in [-0.3, -0.25) is 14.9 Å². The summed E-state index contributed by atoms with van der Waals surface area (Å²) in [6, 6.07) is 1.51. The van der Waals surface area contributed by atoms with E-state index in [1.807, 2.05) is 0 Å². The molecule has 2 N–H and O–H groups in total. The number of carbonyl (C=O) groups excluding carboxylic acids is 2. The first kappa shape index (κ1) is 11.2. The van der Waals surface area contributed by atoms with Crippen LogP contribution in [-0.2, 0) is 9.59 Å². The Kier molecular flexibility index (Phi) is 2.97. The van der Waals surface area contributed by atoms with E-state index in [1.165, 1.54) is 17.8 Å². The standard InChI is InChI=1S/C9H7NO4S2/c11-7-2-5(8(12)10-7)16-4-1-6(9(13)14)15-3-4/h1,3,5H,2H2,(H,13,14)(H,10,11,12). The maximum Gasteiger partial charge on any atom is 0.345 e. The van der Waals surface area contributed by atoms with Crippen molar-refractivity contribution in [3.63, 3.8) is 0 Å². The van der Waals surface area contributed by atoms with Crippen LogP contribution in [0.2, 0.25) is 0 Å². The first-order valence-corrected chi connectivity index (χ1v) is 6.14. The minimum absolute atomic E-state index is 0.155. The summed E-state index contributed by atoms with van der Waals surface area (Å²) < 4.78 is 0. The van der Waals surface area contributed by atoms with E-state index in [-0.39, 0.29) is 23.1 Å². The second kappa shape index (κ2) is 4.26. The van der Waals surface area contributed by atoms with E-state index in [0.717, 1.165) is 11.3 Å². The van der Waals surface area contributed by atoms with Crippen LogP contribution >= 0.6 is 23.1 Å². The molecule has 2 heterocycles. The molecule has 1 unspecified atom stereocenters. The lowest BCUT2D eigenvalue weighted by molar-refractivity contribution is -0.124. The predicted octanol–water partition coefficient (Wildman–Crippen LogP) is 0.954. The number of aromatic carboxylic acids is 1. The number of rotatable bonds is 3. The lowest BCUT2D eigenvalue weighted by Crippen LogP contribution is -2.22. The van der Waals surface area contributed by atoms with Gasteiger partial charge in [-0.05, 0) is 6.07 Å². The number of imide groups is 1. The molecule has 5 nitrogen and oxygen atoms in total. The number of thiophene rings is 1. The van der Waals surface area contributed by atoms with Crippen molar-refractivity contribution in [2.45, 2.75) is 16.6 Å². The van der Waals surface area contributed by atoms with Crippen LogP contribution < -0.4 is 5.32 Å². The van der Waals surface area contributed by atoms with Gasteiger partial charge in [-0.15, -0.1) is 23.1 Å². The molecule has 16 heavy (non-hydrogen) atoms. The maximum atomic E-state index is 11.3. The largest absolute Gasteiger partial charge is 0.477 e. The fourth-order valence-electron chi connectivity index (χ4n) is 1.28. The van der Waals surface area contributed by atoms with Gasteiger partial charge < -0.3 is 5.11 Å². The highest BCUT2D eigenvalue weighted by Crippen LogP contribution is 2.31. The van der Waals surface area contributed by atoms with E-state index in [2.05, 4.69) is 5.32 Å². The third kappa shape index (κ3) is 2.25. The highest BCUT2D eigenvalue weighted by Gasteiger charge is 2.31. The molecule has 1 aromatic rings. The topological polar surface area (TPSA) is 83.5 Å². The molecule has 0 bridgehead atoms. The van der Waals surface area contributed by atoms with Crippen LogP contribution in [0.3, 0.4) is 0 Å². The van der Waals surface area contributed by atoms with Crippen LogP contribution in [0.15, 0.2) is 16.3 Å². The number of hydrogen-bond donors (Lipinski definition) is 2. The highest BCUT2D eigenvalue weighted by atomic mass is 32.2. The van der Waals surface area contributed by atoms with Crippen LogP contribution in [0.25, 0.3) is 0 Å². The summed E-state index contributed by atoms with van der Waals surface area (Å²) in [5.41, 5.74) is 0. The van der Waals surface area contributed by atoms with Crippen LogP contribution in [0.5, 0.6) is 0 Å². The van der Waals surface area contributed by atoms with Gasteiger partial charge in [0.15, 0.2) is 0 Å². The summed E-state index contributed by atoms with van der Waals surface area (Å²) in [4.78, 5) is 33.8. The van der Waals surface area contributed by atoms with Crippen LogP contribution in [0.4, 0.5) is 0 Å². The number of thioether (sulfide) groups is 1. The van der Waals surface area contributed by atoms with Gasteiger partial charge in [0.05, 0.1) is 5.25 Å². The minimum Gasteiger partial charge on any atom is -0.477 e. The molecular formula is C9H7NO4S2. The number of carbonyl (C=O) groups is 3. The Bertz CT molecular complexity index is 468. The Morgan fingerprint density at radius 2 is 2.31 bits per heavy atom. The summed E-state index contributed by atoms with van der Waals surface area (Å²) in [6.45, 7) is 0. The van der Waals surface area contributed by atoms with Crippen molar-refractivity contribution >= 4 is 40.9 Å². The summed E-state index contributed by atoms with van der Waals surface area (Å²) in [7, 11) is 0. The smallest absolute Gasteiger partial charge is 0.345 e. The number of carboxylic acids is 1. The molecule has 0 aromatic carbocycles. The zero-order valence-electron chi connectivity index (χ0n) is 7.93. The number of nitrogens with one attached hydrogen (secondary N) is 1. The lowest BCUT2D eigenvalue weighted by atomic mass is 10.4. The fraction of sp³-hybridized carbons (Fsp3) is 0.222. The molecule has 0 spiro atoms. The summed E-state index contributed by atoms with van der Waals surface area (Å²) in [5.74, 6) is -1.57. The van der Waals surface area contributed by atoms with Crippen LogP contribution in [-0.4, -0.2) is 28.1 Å². The van der Waals surface area contributed by atoms with Crippen molar-refractivity contribution in [1.29, 1.82) is 0 Å². The quantitative estimate of drug-likeness (QED) is 0.788. The molecule has 2 amide bonds. The molecule has 0 radical (unpaired) electrons. The first-order chi connectivity index (χ1) is 7.56. The number of carboxylic acid groups (broad SMARTS) is 1. The normalized spacial score (nSPS) is 19.9. The molecule has 0 aliphatic carbocycles. The Morgan fingerprint density at radius 1 is 1.56 bits per heavy atom. The molecule has 0 saturated carbocycles. The van der Waals surface area contributed by atoms with E-state index in [9.17, 15) is 14.4 Å². The van der Waals surface area contributed by atoms with Gasteiger partial charge in [0.2, 0.25) is 11.8 Å². The van der Waals surface area contributed by atoms with Crippen molar-refractivity contribution in [3.8, 4) is 0 Å². The molecule has 1 aliphatic rings. The van der Waals surface area contributed by atoms with Gasteiger partial charge in [0, 0.05) is 16.7 Å². The highest BCUT2D eigenvalue weighted by molar-refractivity contribution is 8.00. The second-order valence-electron chi connectivity index (χ2n) is 3.17. The van der Waals surface area contributed by atoms with E-state index in [0.29, 0.717) is 4.90 Å². The van der Waals surface area contributed by atoms with Gasteiger partial charge in [0.25, 0.3) is 0 Å². The van der Waals surface area contributed by atoms with E-state index >= 15 is 0 Å². The van der Waals surface area contributed by atoms with E-state index in [1.54, 1.807) is 5.38 Å². The molecule has 1 saturated heterocycles. The van der Waals surface area contributed by atoms with Crippen LogP contribution in [0.1, 0.15) is 16.1 Å². The van der Waals surface area contributed by atoms with Crippen LogP contribution in [0, 0.1) is 0 Å². The summed E-state index contributed by atoms with van der Waals surface area (Å²) >= 11 is 2.32. The number of amides is 2. The maximum absolute atomic E-state index is 11.3. The molecule has 1 aromatic heterocycles. The Hall–Kier alpha value is -1.34. The van der Waals surface area contributed by atoms with Gasteiger partial charge >= 0.3 is 5.97 Å². The molecule has 84 valence electrons. The summed E-state index contributed by atoms with van der Waals surface area (Å²) in [5, 5.41) is 12.2. The Morgan fingerprint density at radius 3 is 2.81 bits per heavy atom. The third-order valence-corrected chi connectivity index (χ3v) is 4.23. The molecule has 7 heteroatoms. The predicted molar refractivity (Wildman–Crippen MR) is 58.7 cm³/mol. The van der Waals surface area contributed by atoms with Crippen molar-refractivity contribution in [2.75, 3.05) is 0 Å². The third-order valence-electron chi connectivity index (χ3n) is 1.99. The van der Waals surface area contributed by atoms with Gasteiger partial charge in [-0.25, -0.2) is 4.79 Å². The molecule has 1 aliphatic heterocycles. The average Bonchev–Trinajstić information content (AvgIpc) is 2.75. The zero-order chi connectivity index (χ0) is 11.7. The van der Waals surface area contributed by atoms with Gasteiger partial charge in [-0.2, -0.15) is 0 Å².